The second kappa shape index (κ2) is 6.68. The van der Waals surface area contributed by atoms with Crippen LogP contribution in [0.2, 0.25) is 0 Å². The molecular weight excluding hydrogens is 256 g/mol. The van der Waals surface area contributed by atoms with Crippen molar-refractivity contribution in [2.24, 2.45) is 0 Å². The van der Waals surface area contributed by atoms with Gasteiger partial charge in [-0.05, 0) is 19.5 Å². The zero-order chi connectivity index (χ0) is 13.7. The number of rotatable bonds is 6. The van der Waals surface area contributed by atoms with Crippen LogP contribution in [0.1, 0.15) is 28.1 Å². The molecular formula is C15H20N2OS. The molecule has 3 nitrogen and oxygen atoms in total. The number of hydrogen-bond acceptors (Lipinski definition) is 4. The second-order valence-corrected chi connectivity index (χ2v) is 5.52. The molecule has 1 aromatic carbocycles. The molecule has 2 aromatic rings. The summed E-state index contributed by atoms with van der Waals surface area (Å²) in [6, 6.07) is 8.14. The topological polar surface area (TPSA) is 34.1 Å². The molecule has 0 unspecified atom stereocenters. The van der Waals surface area contributed by atoms with Gasteiger partial charge in [-0.2, -0.15) is 0 Å². The molecule has 0 aliphatic heterocycles. The standard InChI is InChI=1S/C15H20N2OS/c1-4-12-14(10-16-2)19-15(17-12)9-11-7-5-6-8-13(11)18-3/h5-8,16H,4,9-10H2,1-3H3. The molecule has 0 aliphatic rings. The van der Waals surface area contributed by atoms with Gasteiger partial charge < -0.3 is 10.1 Å². The minimum absolute atomic E-state index is 0.839. The Kier molecular flexibility index (Phi) is 4.93. The van der Waals surface area contributed by atoms with Crippen LogP contribution < -0.4 is 10.1 Å². The minimum atomic E-state index is 0.839. The summed E-state index contributed by atoms with van der Waals surface area (Å²) < 4.78 is 5.39. The maximum atomic E-state index is 5.39. The summed E-state index contributed by atoms with van der Waals surface area (Å²) >= 11 is 1.79. The van der Waals surface area contributed by atoms with Crippen molar-refractivity contribution in [1.82, 2.24) is 10.3 Å². The van der Waals surface area contributed by atoms with Crippen LogP contribution in [0.4, 0.5) is 0 Å². The number of nitrogens with zero attached hydrogens (tertiary/aromatic N) is 1. The largest absolute Gasteiger partial charge is 0.496 e. The third-order valence-electron chi connectivity index (χ3n) is 3.03. The lowest BCUT2D eigenvalue weighted by Gasteiger charge is -2.05. The van der Waals surface area contributed by atoms with Crippen molar-refractivity contribution >= 4 is 11.3 Å². The minimum Gasteiger partial charge on any atom is -0.496 e. The molecule has 0 saturated carbocycles. The van der Waals surface area contributed by atoms with Crippen molar-refractivity contribution in [2.75, 3.05) is 14.2 Å². The van der Waals surface area contributed by atoms with Gasteiger partial charge >= 0.3 is 0 Å². The van der Waals surface area contributed by atoms with Gasteiger partial charge in [0.1, 0.15) is 5.75 Å². The van der Waals surface area contributed by atoms with E-state index < -0.39 is 0 Å². The van der Waals surface area contributed by atoms with Gasteiger partial charge in [0.15, 0.2) is 0 Å². The number of nitrogens with one attached hydrogen (secondary N) is 1. The Labute approximate surface area is 118 Å². The van der Waals surface area contributed by atoms with Crippen LogP contribution in [-0.2, 0) is 19.4 Å². The number of para-hydroxylation sites is 1. The van der Waals surface area contributed by atoms with Crippen molar-refractivity contribution in [2.45, 2.75) is 26.3 Å². The van der Waals surface area contributed by atoms with Crippen LogP contribution in [0.5, 0.6) is 5.75 Å². The van der Waals surface area contributed by atoms with Gasteiger partial charge in [-0.25, -0.2) is 4.98 Å². The molecule has 1 N–H and O–H groups in total. The van der Waals surface area contributed by atoms with E-state index in [0.717, 1.165) is 30.1 Å². The van der Waals surface area contributed by atoms with E-state index >= 15 is 0 Å². The van der Waals surface area contributed by atoms with Gasteiger partial charge in [0.05, 0.1) is 17.8 Å². The van der Waals surface area contributed by atoms with Crippen molar-refractivity contribution < 1.29 is 4.74 Å². The van der Waals surface area contributed by atoms with Crippen LogP contribution in [-0.4, -0.2) is 19.1 Å². The molecule has 19 heavy (non-hydrogen) atoms. The van der Waals surface area contributed by atoms with E-state index in [1.807, 2.05) is 25.2 Å². The van der Waals surface area contributed by atoms with E-state index in [1.54, 1.807) is 18.4 Å². The Bertz CT molecular complexity index is 537. The zero-order valence-corrected chi connectivity index (χ0v) is 12.5. The van der Waals surface area contributed by atoms with E-state index in [4.69, 9.17) is 9.72 Å². The van der Waals surface area contributed by atoms with Gasteiger partial charge in [0, 0.05) is 23.4 Å². The molecule has 4 heteroatoms. The normalized spacial score (nSPS) is 10.7. The highest BCUT2D eigenvalue weighted by atomic mass is 32.1. The number of benzene rings is 1. The lowest BCUT2D eigenvalue weighted by atomic mass is 10.1. The van der Waals surface area contributed by atoms with Gasteiger partial charge in [-0.15, -0.1) is 11.3 Å². The number of thiazole rings is 1. The Morgan fingerprint density at radius 3 is 2.79 bits per heavy atom. The Balaban J connectivity index is 2.23. The summed E-state index contributed by atoms with van der Waals surface area (Å²) in [5.41, 5.74) is 2.40. The Hall–Kier alpha value is -1.39. The third-order valence-corrected chi connectivity index (χ3v) is 4.13. The van der Waals surface area contributed by atoms with Gasteiger partial charge in [0.25, 0.3) is 0 Å². The summed E-state index contributed by atoms with van der Waals surface area (Å²) in [5, 5.41) is 4.36. The van der Waals surface area contributed by atoms with E-state index in [-0.39, 0.29) is 0 Å². The zero-order valence-electron chi connectivity index (χ0n) is 11.7. The summed E-state index contributed by atoms with van der Waals surface area (Å²) in [5.74, 6) is 0.936. The summed E-state index contributed by atoms with van der Waals surface area (Å²) in [4.78, 5) is 6.08. The second-order valence-electron chi connectivity index (χ2n) is 4.35. The molecule has 1 heterocycles. The van der Waals surface area contributed by atoms with Crippen LogP contribution in [0, 0.1) is 0 Å². The Morgan fingerprint density at radius 1 is 1.32 bits per heavy atom. The predicted molar refractivity (Wildman–Crippen MR) is 80.1 cm³/mol. The molecule has 0 amide bonds. The molecule has 0 saturated heterocycles. The number of ether oxygens (including phenoxy) is 1. The maximum Gasteiger partial charge on any atom is 0.122 e. The van der Waals surface area contributed by atoms with Crippen molar-refractivity contribution in [3.63, 3.8) is 0 Å². The molecule has 2 rings (SSSR count). The molecule has 102 valence electrons. The lowest BCUT2D eigenvalue weighted by Crippen LogP contribution is -2.05. The highest BCUT2D eigenvalue weighted by molar-refractivity contribution is 7.11. The average Bonchev–Trinajstić information content (AvgIpc) is 2.82. The molecule has 0 aliphatic carbocycles. The third kappa shape index (κ3) is 3.33. The molecule has 1 aromatic heterocycles. The first-order chi connectivity index (χ1) is 9.28. The monoisotopic (exact) mass is 276 g/mol. The highest BCUT2D eigenvalue weighted by Crippen LogP contribution is 2.25. The van der Waals surface area contributed by atoms with E-state index in [2.05, 4.69) is 18.3 Å². The predicted octanol–water partition coefficient (Wildman–Crippen LogP) is 3.02. The van der Waals surface area contributed by atoms with Gasteiger partial charge in [0.2, 0.25) is 0 Å². The van der Waals surface area contributed by atoms with Gasteiger partial charge in [-0.1, -0.05) is 25.1 Å². The summed E-state index contributed by atoms with van der Waals surface area (Å²) in [7, 11) is 3.68. The van der Waals surface area contributed by atoms with Crippen molar-refractivity contribution in [3.8, 4) is 5.75 Å². The van der Waals surface area contributed by atoms with Crippen molar-refractivity contribution in [3.05, 3.63) is 45.4 Å². The first kappa shape index (κ1) is 14.0. The first-order valence-electron chi connectivity index (χ1n) is 6.52. The van der Waals surface area contributed by atoms with Gasteiger partial charge in [-0.3, -0.25) is 0 Å². The SMILES string of the molecule is CCc1nc(Cc2ccccc2OC)sc1CNC. The molecule has 0 atom stereocenters. The highest BCUT2D eigenvalue weighted by Gasteiger charge is 2.11. The lowest BCUT2D eigenvalue weighted by molar-refractivity contribution is 0.410. The van der Waals surface area contributed by atoms with Crippen LogP contribution >= 0.6 is 11.3 Å². The van der Waals surface area contributed by atoms with E-state index in [9.17, 15) is 0 Å². The fraction of sp³-hybridized carbons (Fsp3) is 0.400. The molecule has 0 bridgehead atoms. The molecule has 0 spiro atoms. The number of aromatic nitrogens is 1. The molecule has 0 fully saturated rings. The average molecular weight is 276 g/mol. The van der Waals surface area contributed by atoms with Crippen LogP contribution in [0.3, 0.4) is 0 Å². The number of aryl methyl sites for hydroxylation is 1. The molecule has 0 radical (unpaired) electrons. The first-order valence-corrected chi connectivity index (χ1v) is 7.34. The number of hydrogen-bond donors (Lipinski definition) is 1. The van der Waals surface area contributed by atoms with Crippen LogP contribution in [0.25, 0.3) is 0 Å². The maximum absolute atomic E-state index is 5.39. The fourth-order valence-electron chi connectivity index (χ4n) is 2.10. The quantitative estimate of drug-likeness (QED) is 0.880. The van der Waals surface area contributed by atoms with E-state index in [1.165, 1.54) is 16.1 Å². The Morgan fingerprint density at radius 2 is 2.11 bits per heavy atom. The van der Waals surface area contributed by atoms with Crippen molar-refractivity contribution in [1.29, 1.82) is 0 Å². The smallest absolute Gasteiger partial charge is 0.122 e. The summed E-state index contributed by atoms with van der Waals surface area (Å²) in [6.45, 7) is 3.05. The van der Waals surface area contributed by atoms with E-state index in [0.29, 0.717) is 0 Å². The fourth-order valence-corrected chi connectivity index (χ4v) is 3.29. The van der Waals surface area contributed by atoms with Crippen LogP contribution in [0.15, 0.2) is 24.3 Å². The number of methoxy groups -OCH3 is 1. The summed E-state index contributed by atoms with van der Waals surface area (Å²) in [6.07, 6.45) is 1.82.